The van der Waals surface area contributed by atoms with Crippen molar-refractivity contribution in [2.24, 2.45) is 0 Å². The molecule has 0 N–H and O–H groups in total. The van der Waals surface area contributed by atoms with Crippen LogP contribution in [0.2, 0.25) is 0 Å². The van der Waals surface area contributed by atoms with E-state index in [4.69, 9.17) is 4.74 Å². The standard InChI is InChI=1S/C9H14BrNOS/c1-11(3-4-12-2)6-9-5-8(10)7-13-9/h5,7H,3-4,6H2,1-2H3. The summed E-state index contributed by atoms with van der Waals surface area (Å²) in [6.45, 7) is 2.77. The lowest BCUT2D eigenvalue weighted by Gasteiger charge is -2.14. The van der Waals surface area contributed by atoms with Crippen molar-refractivity contribution in [1.82, 2.24) is 4.90 Å². The van der Waals surface area contributed by atoms with Crippen LogP contribution < -0.4 is 0 Å². The van der Waals surface area contributed by atoms with Crippen molar-refractivity contribution in [2.75, 3.05) is 27.3 Å². The van der Waals surface area contributed by atoms with Gasteiger partial charge in [-0.25, -0.2) is 0 Å². The molecular formula is C9H14BrNOS. The molecule has 1 aromatic heterocycles. The van der Waals surface area contributed by atoms with Crippen LogP contribution in [0.4, 0.5) is 0 Å². The maximum Gasteiger partial charge on any atom is 0.0589 e. The topological polar surface area (TPSA) is 12.5 Å². The van der Waals surface area contributed by atoms with E-state index >= 15 is 0 Å². The molecule has 13 heavy (non-hydrogen) atoms. The highest BCUT2D eigenvalue weighted by molar-refractivity contribution is 9.10. The number of hydrogen-bond acceptors (Lipinski definition) is 3. The Hall–Kier alpha value is 0.1000. The molecule has 0 saturated carbocycles. The zero-order valence-corrected chi connectivity index (χ0v) is 10.3. The molecule has 0 bridgehead atoms. The van der Waals surface area contributed by atoms with E-state index < -0.39 is 0 Å². The zero-order chi connectivity index (χ0) is 9.68. The van der Waals surface area contributed by atoms with Crippen LogP contribution in [0.1, 0.15) is 4.88 Å². The van der Waals surface area contributed by atoms with Gasteiger partial charge in [0.2, 0.25) is 0 Å². The fraction of sp³-hybridized carbons (Fsp3) is 0.556. The molecule has 1 heterocycles. The summed E-state index contributed by atoms with van der Waals surface area (Å²) < 4.78 is 6.18. The molecule has 0 saturated heterocycles. The van der Waals surface area contributed by atoms with Crippen molar-refractivity contribution in [3.63, 3.8) is 0 Å². The van der Waals surface area contributed by atoms with Crippen LogP contribution in [0.3, 0.4) is 0 Å². The Balaban J connectivity index is 2.31. The second-order valence-corrected chi connectivity index (χ2v) is 4.87. The van der Waals surface area contributed by atoms with E-state index in [9.17, 15) is 0 Å². The third-order valence-electron chi connectivity index (χ3n) is 1.72. The Bertz CT molecular complexity index is 252. The summed E-state index contributed by atoms with van der Waals surface area (Å²) in [6, 6.07) is 2.16. The van der Waals surface area contributed by atoms with Crippen LogP contribution >= 0.6 is 27.3 Å². The Kier molecular flexibility index (Phi) is 4.94. The van der Waals surface area contributed by atoms with Gasteiger partial charge >= 0.3 is 0 Å². The summed E-state index contributed by atoms with van der Waals surface area (Å²) in [6.07, 6.45) is 0. The molecule has 2 nitrogen and oxygen atoms in total. The number of likely N-dealkylation sites (N-methyl/N-ethyl adjacent to an activating group) is 1. The molecule has 0 aliphatic carbocycles. The highest BCUT2D eigenvalue weighted by Gasteiger charge is 2.01. The molecule has 74 valence electrons. The molecule has 0 unspecified atom stereocenters. The fourth-order valence-corrected chi connectivity index (χ4v) is 2.56. The van der Waals surface area contributed by atoms with Gasteiger partial charge in [0.15, 0.2) is 0 Å². The minimum absolute atomic E-state index is 0.795. The smallest absolute Gasteiger partial charge is 0.0589 e. The molecule has 0 atom stereocenters. The van der Waals surface area contributed by atoms with Gasteiger partial charge in [-0.1, -0.05) is 0 Å². The quantitative estimate of drug-likeness (QED) is 0.810. The SMILES string of the molecule is COCCN(C)Cc1cc(Br)cs1. The number of methoxy groups -OCH3 is 1. The Morgan fingerprint density at radius 3 is 2.92 bits per heavy atom. The van der Waals surface area contributed by atoms with Gasteiger partial charge in [0.25, 0.3) is 0 Å². The molecule has 0 aromatic carbocycles. The predicted molar refractivity (Wildman–Crippen MR) is 60.2 cm³/mol. The summed E-state index contributed by atoms with van der Waals surface area (Å²) in [4.78, 5) is 3.63. The van der Waals surface area contributed by atoms with Crippen LogP contribution in [0.15, 0.2) is 15.9 Å². The number of thiophene rings is 1. The molecule has 0 spiro atoms. The molecule has 0 radical (unpaired) electrons. The predicted octanol–water partition coefficient (Wildman–Crippen LogP) is 2.59. The maximum absolute atomic E-state index is 5.01. The Morgan fingerprint density at radius 2 is 2.38 bits per heavy atom. The molecule has 0 fully saturated rings. The van der Waals surface area contributed by atoms with Gasteiger partial charge in [0.05, 0.1) is 6.61 Å². The van der Waals surface area contributed by atoms with Crippen molar-refractivity contribution in [2.45, 2.75) is 6.54 Å². The van der Waals surface area contributed by atoms with Crippen LogP contribution in [0.5, 0.6) is 0 Å². The van der Waals surface area contributed by atoms with E-state index in [2.05, 4.69) is 39.3 Å². The van der Waals surface area contributed by atoms with Crippen LogP contribution in [0.25, 0.3) is 0 Å². The van der Waals surface area contributed by atoms with E-state index in [0.29, 0.717) is 0 Å². The Labute approximate surface area is 91.6 Å². The van der Waals surface area contributed by atoms with E-state index in [1.54, 1.807) is 18.4 Å². The molecule has 0 amide bonds. The first-order valence-corrected chi connectivity index (χ1v) is 5.80. The van der Waals surface area contributed by atoms with Crippen molar-refractivity contribution >= 4 is 27.3 Å². The lowest BCUT2D eigenvalue weighted by atomic mass is 10.4. The average molecular weight is 264 g/mol. The van der Waals surface area contributed by atoms with Crippen LogP contribution in [-0.2, 0) is 11.3 Å². The van der Waals surface area contributed by atoms with Gasteiger partial charge < -0.3 is 4.74 Å². The normalized spacial score (nSPS) is 11.1. The molecule has 0 aliphatic heterocycles. The molecule has 1 rings (SSSR count). The second-order valence-electron chi connectivity index (χ2n) is 2.96. The highest BCUT2D eigenvalue weighted by atomic mass is 79.9. The Morgan fingerprint density at radius 1 is 1.62 bits per heavy atom. The zero-order valence-electron chi connectivity index (χ0n) is 7.92. The average Bonchev–Trinajstić information content (AvgIpc) is 2.48. The third kappa shape index (κ3) is 4.22. The molecule has 0 aliphatic rings. The molecule has 4 heteroatoms. The van der Waals surface area contributed by atoms with Crippen LogP contribution in [-0.4, -0.2) is 32.2 Å². The lowest BCUT2D eigenvalue weighted by Crippen LogP contribution is -2.21. The highest BCUT2D eigenvalue weighted by Crippen LogP contribution is 2.20. The first-order valence-electron chi connectivity index (χ1n) is 4.12. The summed E-state index contributed by atoms with van der Waals surface area (Å²) in [7, 11) is 3.84. The van der Waals surface area contributed by atoms with Crippen molar-refractivity contribution < 1.29 is 4.74 Å². The third-order valence-corrected chi connectivity index (χ3v) is 3.41. The number of halogens is 1. The van der Waals surface area contributed by atoms with Crippen LogP contribution in [0, 0.1) is 0 Å². The minimum Gasteiger partial charge on any atom is -0.383 e. The van der Waals surface area contributed by atoms with Gasteiger partial charge in [-0.15, -0.1) is 11.3 Å². The maximum atomic E-state index is 5.01. The number of ether oxygens (including phenoxy) is 1. The van der Waals surface area contributed by atoms with E-state index in [1.165, 1.54) is 9.35 Å². The largest absolute Gasteiger partial charge is 0.383 e. The first-order chi connectivity index (χ1) is 6.22. The van der Waals surface area contributed by atoms with Crippen molar-refractivity contribution in [1.29, 1.82) is 0 Å². The van der Waals surface area contributed by atoms with Crippen molar-refractivity contribution in [3.8, 4) is 0 Å². The summed E-state index contributed by atoms with van der Waals surface area (Å²) in [5, 5.41) is 2.11. The van der Waals surface area contributed by atoms with Gasteiger partial charge in [0.1, 0.15) is 0 Å². The lowest BCUT2D eigenvalue weighted by molar-refractivity contribution is 0.159. The second kappa shape index (κ2) is 5.75. The molecule has 1 aromatic rings. The first kappa shape index (κ1) is 11.2. The molecular weight excluding hydrogens is 250 g/mol. The number of rotatable bonds is 5. The van der Waals surface area contributed by atoms with Crippen molar-refractivity contribution in [3.05, 3.63) is 20.8 Å². The minimum atomic E-state index is 0.795. The van der Waals surface area contributed by atoms with E-state index in [1.807, 2.05) is 0 Å². The number of nitrogens with zero attached hydrogens (tertiary/aromatic N) is 1. The van der Waals surface area contributed by atoms with E-state index in [-0.39, 0.29) is 0 Å². The summed E-state index contributed by atoms with van der Waals surface area (Å²) in [5.41, 5.74) is 0. The fourth-order valence-electron chi connectivity index (χ4n) is 1.03. The number of hydrogen-bond donors (Lipinski definition) is 0. The van der Waals surface area contributed by atoms with Gasteiger partial charge in [-0.2, -0.15) is 0 Å². The summed E-state index contributed by atoms with van der Waals surface area (Å²) >= 11 is 5.22. The van der Waals surface area contributed by atoms with E-state index in [0.717, 1.165) is 19.7 Å². The van der Waals surface area contributed by atoms with Gasteiger partial charge in [-0.3, -0.25) is 4.90 Å². The van der Waals surface area contributed by atoms with Gasteiger partial charge in [0, 0.05) is 34.9 Å². The monoisotopic (exact) mass is 263 g/mol. The van der Waals surface area contributed by atoms with Gasteiger partial charge in [-0.05, 0) is 29.0 Å². The summed E-state index contributed by atoms with van der Waals surface area (Å²) in [5.74, 6) is 0.